The molecule has 0 amide bonds. The first kappa shape index (κ1) is 12.5. The molecule has 0 saturated heterocycles. The second-order valence-corrected chi connectivity index (χ2v) is 5.73. The molecule has 0 aliphatic rings. The van der Waals surface area contributed by atoms with Crippen LogP contribution in [-0.2, 0) is 6.54 Å². The molecule has 1 N–H and O–H groups in total. The van der Waals surface area contributed by atoms with Gasteiger partial charge in [0.15, 0.2) is 4.34 Å². The Morgan fingerprint density at radius 1 is 1.47 bits per heavy atom. The number of benzene rings is 1. The Morgan fingerprint density at radius 3 is 2.94 bits per heavy atom. The predicted octanol–water partition coefficient (Wildman–Crippen LogP) is 3.46. The summed E-state index contributed by atoms with van der Waals surface area (Å²) in [5.41, 5.74) is 1.94. The smallest absolute Gasteiger partial charge is 0.155 e. The van der Waals surface area contributed by atoms with Crippen molar-refractivity contribution in [3.8, 4) is 0 Å². The van der Waals surface area contributed by atoms with E-state index < -0.39 is 0 Å². The maximum atomic E-state index is 13.8. The van der Waals surface area contributed by atoms with Crippen LogP contribution in [0.5, 0.6) is 0 Å². The van der Waals surface area contributed by atoms with Gasteiger partial charge < -0.3 is 5.32 Å². The number of rotatable bonds is 4. The van der Waals surface area contributed by atoms with Gasteiger partial charge in [0, 0.05) is 17.6 Å². The molecule has 1 aromatic heterocycles. The Hall–Kier alpha value is -0.910. The van der Waals surface area contributed by atoms with E-state index in [-0.39, 0.29) is 5.82 Å². The largest absolute Gasteiger partial charge is 0.316 e. The van der Waals surface area contributed by atoms with Crippen LogP contribution in [0.25, 0.3) is 0 Å². The molecule has 0 aliphatic carbocycles. The average Bonchev–Trinajstić information content (AvgIpc) is 2.70. The Labute approximate surface area is 108 Å². The molecule has 2 rings (SSSR count). The Bertz CT molecular complexity index is 511. The number of hydrogen-bond acceptors (Lipinski definition) is 4. The van der Waals surface area contributed by atoms with Crippen LogP contribution >= 0.6 is 23.1 Å². The number of aryl methyl sites for hydroxylation is 1. The molecule has 2 nitrogen and oxygen atoms in total. The van der Waals surface area contributed by atoms with Crippen LogP contribution in [0.15, 0.2) is 32.8 Å². The summed E-state index contributed by atoms with van der Waals surface area (Å²) in [6, 6.07) is 5.16. The molecule has 0 bridgehead atoms. The summed E-state index contributed by atoms with van der Waals surface area (Å²) in [5, 5.41) is 5.02. The number of aromatic nitrogens is 1. The highest BCUT2D eigenvalue weighted by molar-refractivity contribution is 8.01. The summed E-state index contributed by atoms with van der Waals surface area (Å²) in [5.74, 6) is -0.185. The van der Waals surface area contributed by atoms with Crippen molar-refractivity contribution in [1.82, 2.24) is 10.3 Å². The van der Waals surface area contributed by atoms with Gasteiger partial charge >= 0.3 is 0 Å². The lowest BCUT2D eigenvalue weighted by Crippen LogP contribution is -2.06. The number of thiazole rings is 1. The van der Waals surface area contributed by atoms with E-state index in [1.165, 1.54) is 17.8 Å². The first-order chi connectivity index (χ1) is 8.20. The van der Waals surface area contributed by atoms with Gasteiger partial charge in [0.1, 0.15) is 5.82 Å². The van der Waals surface area contributed by atoms with Gasteiger partial charge in [-0.1, -0.05) is 23.9 Å². The van der Waals surface area contributed by atoms with Crippen molar-refractivity contribution in [2.75, 3.05) is 7.05 Å². The average molecular weight is 268 g/mol. The minimum atomic E-state index is -0.185. The van der Waals surface area contributed by atoms with Gasteiger partial charge in [0.2, 0.25) is 0 Å². The number of nitrogens with zero attached hydrogens (tertiary/aromatic N) is 1. The van der Waals surface area contributed by atoms with Crippen LogP contribution in [0.2, 0.25) is 0 Å². The number of hydrogen-bond donors (Lipinski definition) is 1. The van der Waals surface area contributed by atoms with Crippen molar-refractivity contribution in [1.29, 1.82) is 0 Å². The summed E-state index contributed by atoms with van der Waals surface area (Å²) in [6.45, 7) is 2.60. The fourth-order valence-electron chi connectivity index (χ4n) is 1.46. The summed E-state index contributed by atoms with van der Waals surface area (Å²) >= 11 is 2.94. The van der Waals surface area contributed by atoms with Crippen molar-refractivity contribution in [2.24, 2.45) is 0 Å². The zero-order valence-corrected chi connectivity index (χ0v) is 11.3. The molecule has 0 atom stereocenters. The molecule has 1 heterocycles. The third-order valence-electron chi connectivity index (χ3n) is 2.20. The molecule has 2 aromatic rings. The topological polar surface area (TPSA) is 24.9 Å². The molecule has 0 aliphatic heterocycles. The molecule has 17 heavy (non-hydrogen) atoms. The highest BCUT2D eigenvalue weighted by Crippen LogP contribution is 2.34. The van der Waals surface area contributed by atoms with Gasteiger partial charge in [0.05, 0.1) is 4.90 Å². The summed E-state index contributed by atoms with van der Waals surface area (Å²) in [6.07, 6.45) is 0. The molecule has 0 fully saturated rings. The Morgan fingerprint density at radius 2 is 2.29 bits per heavy atom. The van der Waals surface area contributed by atoms with Gasteiger partial charge in [-0.15, -0.1) is 11.3 Å². The normalized spacial score (nSPS) is 10.8. The van der Waals surface area contributed by atoms with Gasteiger partial charge in [-0.2, -0.15) is 0 Å². The highest BCUT2D eigenvalue weighted by Gasteiger charge is 2.11. The fourth-order valence-corrected chi connectivity index (χ4v) is 3.37. The van der Waals surface area contributed by atoms with E-state index in [4.69, 9.17) is 0 Å². The molecule has 5 heteroatoms. The molecule has 1 aromatic carbocycles. The highest BCUT2D eigenvalue weighted by atomic mass is 32.2. The van der Waals surface area contributed by atoms with Gasteiger partial charge in [0.25, 0.3) is 0 Å². The van der Waals surface area contributed by atoms with Crippen molar-refractivity contribution < 1.29 is 4.39 Å². The van der Waals surface area contributed by atoms with Crippen LogP contribution in [-0.4, -0.2) is 12.0 Å². The molecule has 0 unspecified atom stereocenters. The van der Waals surface area contributed by atoms with Crippen LogP contribution in [0.3, 0.4) is 0 Å². The maximum absolute atomic E-state index is 13.8. The van der Waals surface area contributed by atoms with Gasteiger partial charge in [-0.3, -0.25) is 0 Å². The van der Waals surface area contributed by atoms with Crippen molar-refractivity contribution in [2.45, 2.75) is 22.7 Å². The zero-order valence-electron chi connectivity index (χ0n) is 9.66. The van der Waals surface area contributed by atoms with Crippen molar-refractivity contribution in [3.63, 3.8) is 0 Å². The molecule has 90 valence electrons. The predicted molar refractivity (Wildman–Crippen MR) is 70.1 cm³/mol. The number of halogens is 1. The minimum Gasteiger partial charge on any atom is -0.316 e. The van der Waals surface area contributed by atoms with E-state index in [1.807, 2.05) is 25.4 Å². The lowest BCUT2D eigenvalue weighted by molar-refractivity contribution is 0.594. The zero-order chi connectivity index (χ0) is 12.3. The van der Waals surface area contributed by atoms with E-state index in [0.717, 1.165) is 15.6 Å². The third kappa shape index (κ3) is 3.06. The third-order valence-corrected chi connectivity index (χ3v) is 4.42. The van der Waals surface area contributed by atoms with E-state index >= 15 is 0 Å². The van der Waals surface area contributed by atoms with Crippen molar-refractivity contribution >= 4 is 23.1 Å². The van der Waals surface area contributed by atoms with E-state index in [0.29, 0.717) is 11.4 Å². The summed E-state index contributed by atoms with van der Waals surface area (Å²) in [7, 11) is 1.85. The van der Waals surface area contributed by atoms with E-state index in [1.54, 1.807) is 17.4 Å². The lowest BCUT2D eigenvalue weighted by Gasteiger charge is -2.08. The molecule has 0 radical (unpaired) electrons. The van der Waals surface area contributed by atoms with Crippen LogP contribution in [0.1, 0.15) is 11.3 Å². The summed E-state index contributed by atoms with van der Waals surface area (Å²) in [4.78, 5) is 5.01. The second-order valence-electron chi connectivity index (χ2n) is 3.62. The summed E-state index contributed by atoms with van der Waals surface area (Å²) < 4.78 is 14.7. The van der Waals surface area contributed by atoms with E-state index in [9.17, 15) is 4.39 Å². The number of nitrogens with one attached hydrogen (secondary N) is 1. The first-order valence-corrected chi connectivity index (χ1v) is 6.92. The standard InChI is InChI=1S/C12H13FN2S2/c1-8-7-16-12(15-8)17-11-9(6-14-2)4-3-5-10(11)13/h3-5,7,14H,6H2,1-2H3. The lowest BCUT2D eigenvalue weighted by atomic mass is 10.2. The second kappa shape index (κ2) is 5.62. The van der Waals surface area contributed by atoms with Crippen LogP contribution in [0, 0.1) is 12.7 Å². The molecule has 0 saturated carbocycles. The Kier molecular flexibility index (Phi) is 4.15. The van der Waals surface area contributed by atoms with Gasteiger partial charge in [-0.25, -0.2) is 9.37 Å². The SMILES string of the molecule is CNCc1cccc(F)c1Sc1nc(C)cs1. The molecule has 0 spiro atoms. The molecular formula is C12H13FN2S2. The van der Waals surface area contributed by atoms with Crippen LogP contribution in [0.4, 0.5) is 4.39 Å². The fraction of sp³-hybridized carbons (Fsp3) is 0.250. The molecular weight excluding hydrogens is 255 g/mol. The van der Waals surface area contributed by atoms with Gasteiger partial charge in [-0.05, 0) is 25.6 Å². The Balaban J connectivity index is 2.30. The maximum Gasteiger partial charge on any atom is 0.155 e. The minimum absolute atomic E-state index is 0.185. The van der Waals surface area contributed by atoms with Crippen LogP contribution < -0.4 is 5.32 Å². The van der Waals surface area contributed by atoms with E-state index in [2.05, 4.69) is 10.3 Å². The first-order valence-electron chi connectivity index (χ1n) is 5.22. The quantitative estimate of drug-likeness (QED) is 0.919. The van der Waals surface area contributed by atoms with Crippen molar-refractivity contribution in [3.05, 3.63) is 40.7 Å². The monoisotopic (exact) mass is 268 g/mol.